The first-order chi connectivity index (χ1) is 8.56. The normalized spacial score (nSPS) is 24.6. The third kappa shape index (κ3) is 2.89. The Morgan fingerprint density at radius 3 is 2.94 bits per heavy atom. The number of nitrogens with zero attached hydrogens (tertiary/aromatic N) is 1. The second-order valence-electron chi connectivity index (χ2n) is 4.48. The number of thioether (sulfide) groups is 1. The third-order valence-electron chi connectivity index (χ3n) is 3.29. The zero-order valence-corrected chi connectivity index (χ0v) is 12.3. The molecule has 0 amide bonds. The molecule has 0 saturated heterocycles. The molecule has 0 spiro atoms. The maximum absolute atomic E-state index is 12.2. The van der Waals surface area contributed by atoms with Gasteiger partial charge in [0, 0.05) is 17.7 Å². The van der Waals surface area contributed by atoms with E-state index in [0.717, 1.165) is 19.3 Å². The van der Waals surface area contributed by atoms with Crippen molar-refractivity contribution in [2.75, 3.05) is 6.26 Å². The Bertz CT molecular complexity index is 498. The number of H-pyrrole nitrogens is 1. The van der Waals surface area contributed by atoms with Gasteiger partial charge in [0.2, 0.25) is 0 Å². The molecule has 0 radical (unpaired) electrons. The van der Waals surface area contributed by atoms with E-state index in [2.05, 4.69) is 14.7 Å². The van der Waals surface area contributed by atoms with Crippen LogP contribution in [-0.2, 0) is 16.4 Å². The lowest BCUT2D eigenvalue weighted by Gasteiger charge is -2.18. The van der Waals surface area contributed by atoms with Crippen molar-refractivity contribution in [3.05, 3.63) is 12.0 Å². The number of aryl methyl sites for hydroxylation is 1. The first-order valence-corrected chi connectivity index (χ1v) is 8.93. The summed E-state index contributed by atoms with van der Waals surface area (Å²) in [5, 5.41) is 0.555. The minimum atomic E-state index is -3.46. The number of hydrogen-bond acceptors (Lipinski definition) is 4. The molecule has 1 saturated carbocycles. The van der Waals surface area contributed by atoms with Gasteiger partial charge in [-0.15, -0.1) is 0 Å². The van der Waals surface area contributed by atoms with E-state index in [4.69, 9.17) is 0 Å². The summed E-state index contributed by atoms with van der Waals surface area (Å²) in [4.78, 5) is 6.88. The first-order valence-electron chi connectivity index (χ1n) is 6.16. The molecule has 2 rings (SSSR count). The third-order valence-corrected chi connectivity index (χ3v) is 5.86. The van der Waals surface area contributed by atoms with Crippen LogP contribution >= 0.6 is 11.8 Å². The SMILES string of the molecule is CCc1ncc(S(=O)(=O)NC2CCCC2SC)[nH]1. The molecule has 1 aromatic heterocycles. The molecule has 2 atom stereocenters. The molecule has 102 valence electrons. The Hall–Kier alpha value is -0.530. The van der Waals surface area contributed by atoms with Crippen LogP contribution in [0.25, 0.3) is 0 Å². The summed E-state index contributed by atoms with van der Waals surface area (Å²) in [5.74, 6) is 0.697. The number of imidazole rings is 1. The number of aromatic amines is 1. The largest absolute Gasteiger partial charge is 0.332 e. The fourth-order valence-corrected chi connectivity index (χ4v) is 4.54. The molecule has 1 heterocycles. The van der Waals surface area contributed by atoms with Crippen LogP contribution in [0.2, 0.25) is 0 Å². The molecule has 2 unspecified atom stereocenters. The summed E-state index contributed by atoms with van der Waals surface area (Å²) in [6, 6.07) is 0.0402. The Morgan fingerprint density at radius 2 is 2.33 bits per heavy atom. The highest BCUT2D eigenvalue weighted by Crippen LogP contribution is 2.29. The van der Waals surface area contributed by atoms with Crippen molar-refractivity contribution in [2.45, 2.75) is 48.9 Å². The van der Waals surface area contributed by atoms with Gasteiger partial charge in [0.15, 0.2) is 5.03 Å². The van der Waals surface area contributed by atoms with Gasteiger partial charge in [-0.2, -0.15) is 11.8 Å². The van der Waals surface area contributed by atoms with E-state index in [1.54, 1.807) is 11.8 Å². The van der Waals surface area contributed by atoms with Crippen molar-refractivity contribution < 1.29 is 8.42 Å². The van der Waals surface area contributed by atoms with Crippen LogP contribution in [0.5, 0.6) is 0 Å². The van der Waals surface area contributed by atoms with Gasteiger partial charge in [-0.3, -0.25) is 0 Å². The van der Waals surface area contributed by atoms with E-state index in [9.17, 15) is 8.42 Å². The first kappa shape index (κ1) is 13.9. The minimum Gasteiger partial charge on any atom is -0.332 e. The zero-order chi connectivity index (χ0) is 13.2. The van der Waals surface area contributed by atoms with Crippen LogP contribution in [0.3, 0.4) is 0 Å². The quantitative estimate of drug-likeness (QED) is 0.862. The molecular formula is C11H19N3O2S2. The van der Waals surface area contributed by atoms with Gasteiger partial charge in [-0.05, 0) is 19.1 Å². The predicted octanol–water partition coefficient (Wildman–Crippen LogP) is 1.53. The summed E-state index contributed by atoms with van der Waals surface area (Å²) in [5.41, 5.74) is 0. The lowest BCUT2D eigenvalue weighted by atomic mass is 10.3. The second-order valence-corrected chi connectivity index (χ2v) is 7.24. The molecule has 2 N–H and O–H groups in total. The van der Waals surface area contributed by atoms with E-state index in [-0.39, 0.29) is 11.1 Å². The van der Waals surface area contributed by atoms with Crippen molar-refractivity contribution in [2.24, 2.45) is 0 Å². The van der Waals surface area contributed by atoms with Crippen LogP contribution < -0.4 is 4.72 Å². The standard InChI is InChI=1S/C11H19N3O2S2/c1-3-10-12-7-11(13-10)18(15,16)14-8-5-4-6-9(8)17-2/h7-9,14H,3-6H2,1-2H3,(H,12,13). The van der Waals surface area contributed by atoms with Crippen molar-refractivity contribution in [3.63, 3.8) is 0 Å². The van der Waals surface area contributed by atoms with Gasteiger partial charge in [0.1, 0.15) is 5.82 Å². The lowest BCUT2D eigenvalue weighted by Crippen LogP contribution is -2.38. The van der Waals surface area contributed by atoms with Gasteiger partial charge in [-0.1, -0.05) is 13.3 Å². The molecule has 18 heavy (non-hydrogen) atoms. The summed E-state index contributed by atoms with van der Waals surface area (Å²) in [6.45, 7) is 1.93. The molecular weight excluding hydrogens is 270 g/mol. The zero-order valence-electron chi connectivity index (χ0n) is 10.6. The Labute approximate surface area is 112 Å². The van der Waals surface area contributed by atoms with Crippen LogP contribution in [0.1, 0.15) is 32.0 Å². The van der Waals surface area contributed by atoms with Gasteiger partial charge >= 0.3 is 0 Å². The van der Waals surface area contributed by atoms with Crippen molar-refractivity contribution in [1.82, 2.24) is 14.7 Å². The molecule has 1 aliphatic carbocycles. The van der Waals surface area contributed by atoms with Crippen molar-refractivity contribution >= 4 is 21.8 Å². The number of sulfonamides is 1. The van der Waals surface area contributed by atoms with E-state index < -0.39 is 10.0 Å². The highest BCUT2D eigenvalue weighted by molar-refractivity contribution is 7.99. The van der Waals surface area contributed by atoms with Crippen LogP contribution in [0, 0.1) is 0 Å². The average Bonchev–Trinajstić information content (AvgIpc) is 2.96. The Morgan fingerprint density at radius 1 is 1.56 bits per heavy atom. The van der Waals surface area contributed by atoms with E-state index >= 15 is 0 Å². The van der Waals surface area contributed by atoms with Crippen LogP contribution in [-0.4, -0.2) is 35.9 Å². The molecule has 0 aromatic carbocycles. The molecule has 1 aromatic rings. The van der Waals surface area contributed by atoms with Gasteiger partial charge in [-0.25, -0.2) is 18.1 Å². The topological polar surface area (TPSA) is 74.8 Å². The molecule has 1 fully saturated rings. The highest BCUT2D eigenvalue weighted by atomic mass is 32.2. The highest BCUT2D eigenvalue weighted by Gasteiger charge is 2.31. The average molecular weight is 289 g/mol. The fourth-order valence-electron chi connectivity index (χ4n) is 2.27. The molecule has 5 nitrogen and oxygen atoms in total. The van der Waals surface area contributed by atoms with Crippen LogP contribution in [0.4, 0.5) is 0 Å². The minimum absolute atomic E-state index is 0.0402. The summed E-state index contributed by atoms with van der Waals surface area (Å²) in [6.07, 6.45) is 7.21. The molecule has 7 heteroatoms. The Balaban J connectivity index is 2.11. The second kappa shape index (κ2) is 5.63. The van der Waals surface area contributed by atoms with Gasteiger partial charge < -0.3 is 4.98 Å². The Kier molecular flexibility index (Phi) is 4.34. The van der Waals surface area contributed by atoms with E-state index in [1.165, 1.54) is 6.20 Å². The molecule has 0 aliphatic heterocycles. The predicted molar refractivity (Wildman–Crippen MR) is 73.2 cm³/mol. The number of aromatic nitrogens is 2. The fraction of sp³-hybridized carbons (Fsp3) is 0.727. The number of nitrogens with one attached hydrogen (secondary N) is 2. The molecule has 1 aliphatic rings. The maximum Gasteiger partial charge on any atom is 0.257 e. The summed E-state index contributed by atoms with van der Waals surface area (Å²) >= 11 is 1.73. The van der Waals surface area contributed by atoms with E-state index in [1.807, 2.05) is 13.2 Å². The molecule has 0 bridgehead atoms. The van der Waals surface area contributed by atoms with E-state index in [0.29, 0.717) is 17.5 Å². The summed E-state index contributed by atoms with van der Waals surface area (Å²) in [7, 11) is -3.46. The monoisotopic (exact) mass is 289 g/mol. The van der Waals surface area contributed by atoms with Crippen molar-refractivity contribution in [1.29, 1.82) is 0 Å². The smallest absolute Gasteiger partial charge is 0.257 e. The van der Waals surface area contributed by atoms with Crippen molar-refractivity contribution in [3.8, 4) is 0 Å². The summed E-state index contributed by atoms with van der Waals surface area (Å²) < 4.78 is 27.2. The van der Waals surface area contributed by atoms with Gasteiger partial charge in [0.25, 0.3) is 10.0 Å². The van der Waals surface area contributed by atoms with Gasteiger partial charge in [0.05, 0.1) is 6.20 Å². The number of hydrogen-bond donors (Lipinski definition) is 2. The number of rotatable bonds is 5. The maximum atomic E-state index is 12.2. The lowest BCUT2D eigenvalue weighted by molar-refractivity contribution is 0.552. The van der Waals surface area contributed by atoms with Crippen LogP contribution in [0.15, 0.2) is 11.2 Å².